The molecule has 2 aromatic rings. The second kappa shape index (κ2) is 5.09. The fourth-order valence-corrected chi connectivity index (χ4v) is 2.22. The Labute approximate surface area is 111 Å². The summed E-state index contributed by atoms with van der Waals surface area (Å²) in [4.78, 5) is 0. The van der Waals surface area contributed by atoms with E-state index in [1.807, 2.05) is 32.0 Å². The molecule has 1 nitrogen and oxygen atoms in total. The van der Waals surface area contributed by atoms with Crippen LogP contribution in [0.25, 0.3) is 0 Å². The minimum absolute atomic E-state index is 0.239. The number of aliphatic hydroxyl groups is 1. The summed E-state index contributed by atoms with van der Waals surface area (Å²) in [6, 6.07) is 9.88. The monoisotopic (exact) mass is 264 g/mol. The van der Waals surface area contributed by atoms with Crippen molar-refractivity contribution in [3.05, 3.63) is 69.5 Å². The molecule has 0 heterocycles. The minimum atomic E-state index is -0.835. The van der Waals surface area contributed by atoms with Crippen LogP contribution in [0.3, 0.4) is 0 Å². The van der Waals surface area contributed by atoms with Gasteiger partial charge in [0.05, 0.1) is 0 Å². The molecule has 0 aliphatic rings. The molecule has 2 aromatic carbocycles. The van der Waals surface area contributed by atoms with Crippen molar-refractivity contribution in [2.45, 2.75) is 20.0 Å². The molecule has 0 aliphatic carbocycles. The van der Waals surface area contributed by atoms with Crippen molar-refractivity contribution in [3.8, 4) is 0 Å². The first kappa shape index (κ1) is 13.1. The van der Waals surface area contributed by atoms with Gasteiger partial charge >= 0.3 is 0 Å². The molecule has 0 radical (unpaired) electrons. The molecule has 94 valence electrons. The Morgan fingerprint density at radius 2 is 1.78 bits per heavy atom. The van der Waals surface area contributed by atoms with Gasteiger partial charge < -0.3 is 5.11 Å². The maximum atomic E-state index is 13.0. The van der Waals surface area contributed by atoms with Crippen LogP contribution in [0, 0.1) is 19.7 Å². The van der Waals surface area contributed by atoms with Gasteiger partial charge in [0, 0.05) is 10.6 Å². The Hall–Kier alpha value is -1.38. The fourth-order valence-electron chi connectivity index (χ4n) is 1.95. The van der Waals surface area contributed by atoms with Crippen LogP contribution in [0.15, 0.2) is 36.4 Å². The van der Waals surface area contributed by atoms with Crippen molar-refractivity contribution in [3.63, 3.8) is 0 Å². The van der Waals surface area contributed by atoms with Crippen molar-refractivity contribution in [2.75, 3.05) is 0 Å². The molecule has 0 saturated heterocycles. The summed E-state index contributed by atoms with van der Waals surface area (Å²) in [5.74, 6) is -0.406. The lowest BCUT2D eigenvalue weighted by Crippen LogP contribution is -2.03. The minimum Gasteiger partial charge on any atom is -0.384 e. The van der Waals surface area contributed by atoms with E-state index < -0.39 is 11.9 Å². The molecule has 2 rings (SSSR count). The van der Waals surface area contributed by atoms with Gasteiger partial charge in [0.25, 0.3) is 0 Å². The maximum Gasteiger partial charge on any atom is 0.124 e. The lowest BCUT2D eigenvalue weighted by Gasteiger charge is -2.16. The first-order chi connectivity index (χ1) is 8.49. The zero-order valence-electron chi connectivity index (χ0n) is 10.2. The number of rotatable bonds is 2. The highest BCUT2D eigenvalue weighted by molar-refractivity contribution is 6.31. The molecule has 3 heteroatoms. The van der Waals surface area contributed by atoms with Gasteiger partial charge in [-0.05, 0) is 37.1 Å². The average molecular weight is 265 g/mol. The highest BCUT2D eigenvalue weighted by atomic mass is 35.5. The van der Waals surface area contributed by atoms with Gasteiger partial charge in [0.15, 0.2) is 0 Å². The third-order valence-corrected chi connectivity index (χ3v) is 3.31. The number of aryl methyl sites for hydroxylation is 2. The van der Waals surface area contributed by atoms with E-state index in [4.69, 9.17) is 11.6 Å². The Balaban J connectivity index is 2.47. The number of hydrogen-bond acceptors (Lipinski definition) is 1. The van der Waals surface area contributed by atoms with Crippen LogP contribution in [0.5, 0.6) is 0 Å². The summed E-state index contributed by atoms with van der Waals surface area (Å²) in [5.41, 5.74) is 3.36. The fraction of sp³-hybridized carbons (Fsp3) is 0.200. The van der Waals surface area contributed by atoms with Crippen LogP contribution < -0.4 is 0 Å². The molecule has 0 saturated carbocycles. The molecule has 18 heavy (non-hydrogen) atoms. The molecule has 1 atom stereocenters. The molecule has 0 amide bonds. The average Bonchev–Trinajstić information content (AvgIpc) is 2.31. The normalized spacial score (nSPS) is 12.5. The highest BCUT2D eigenvalue weighted by Gasteiger charge is 2.16. The van der Waals surface area contributed by atoms with Gasteiger partial charge in [0.2, 0.25) is 0 Å². The van der Waals surface area contributed by atoms with Crippen LogP contribution in [0.4, 0.5) is 4.39 Å². The number of hydrogen-bond donors (Lipinski definition) is 1. The lowest BCUT2D eigenvalue weighted by molar-refractivity contribution is 0.219. The van der Waals surface area contributed by atoms with E-state index in [0.29, 0.717) is 5.56 Å². The first-order valence-corrected chi connectivity index (χ1v) is 6.07. The molecule has 0 fully saturated rings. The van der Waals surface area contributed by atoms with E-state index in [-0.39, 0.29) is 5.02 Å². The molecule has 0 bridgehead atoms. The van der Waals surface area contributed by atoms with Crippen molar-refractivity contribution in [1.29, 1.82) is 0 Å². The standard InChI is InChI=1S/C15H14ClFO/c1-9-3-4-10(2)13(7-9)15(18)12-6-5-11(17)8-14(12)16/h3-8,15,18H,1-2H3. The second-order valence-corrected chi connectivity index (χ2v) is 4.84. The second-order valence-electron chi connectivity index (χ2n) is 4.43. The van der Waals surface area contributed by atoms with E-state index in [1.165, 1.54) is 18.2 Å². The van der Waals surface area contributed by atoms with Crippen molar-refractivity contribution < 1.29 is 9.50 Å². The molecule has 1 unspecified atom stereocenters. The molecule has 0 aliphatic heterocycles. The van der Waals surface area contributed by atoms with Crippen LogP contribution in [-0.4, -0.2) is 5.11 Å². The number of halogens is 2. The van der Waals surface area contributed by atoms with E-state index in [1.54, 1.807) is 0 Å². The first-order valence-electron chi connectivity index (χ1n) is 5.69. The smallest absolute Gasteiger partial charge is 0.124 e. The molecule has 0 aromatic heterocycles. The zero-order valence-corrected chi connectivity index (χ0v) is 11.0. The summed E-state index contributed by atoms with van der Waals surface area (Å²) in [6.07, 6.45) is -0.835. The van der Waals surface area contributed by atoms with Gasteiger partial charge in [-0.25, -0.2) is 4.39 Å². The maximum absolute atomic E-state index is 13.0. The summed E-state index contributed by atoms with van der Waals surface area (Å²) in [5, 5.41) is 10.6. The quantitative estimate of drug-likeness (QED) is 0.863. The van der Waals surface area contributed by atoms with Crippen LogP contribution in [0.1, 0.15) is 28.4 Å². The highest BCUT2D eigenvalue weighted by Crippen LogP contribution is 2.30. The van der Waals surface area contributed by atoms with Crippen LogP contribution in [0.2, 0.25) is 5.02 Å². The van der Waals surface area contributed by atoms with E-state index in [2.05, 4.69) is 0 Å². The molecular weight excluding hydrogens is 251 g/mol. The largest absolute Gasteiger partial charge is 0.384 e. The van der Waals surface area contributed by atoms with Gasteiger partial charge in [-0.1, -0.05) is 41.4 Å². The predicted molar refractivity (Wildman–Crippen MR) is 71.4 cm³/mol. The van der Waals surface area contributed by atoms with Crippen molar-refractivity contribution in [2.24, 2.45) is 0 Å². The Bertz CT molecular complexity index is 581. The van der Waals surface area contributed by atoms with E-state index in [9.17, 15) is 9.50 Å². The van der Waals surface area contributed by atoms with Gasteiger partial charge in [0.1, 0.15) is 11.9 Å². The topological polar surface area (TPSA) is 20.2 Å². The van der Waals surface area contributed by atoms with Gasteiger partial charge in [-0.3, -0.25) is 0 Å². The molecule has 0 spiro atoms. The van der Waals surface area contributed by atoms with Gasteiger partial charge in [-0.15, -0.1) is 0 Å². The third kappa shape index (κ3) is 2.55. The Morgan fingerprint density at radius 1 is 1.06 bits per heavy atom. The Kier molecular flexibility index (Phi) is 3.69. The van der Waals surface area contributed by atoms with Crippen molar-refractivity contribution in [1.82, 2.24) is 0 Å². The number of aliphatic hydroxyl groups excluding tert-OH is 1. The zero-order chi connectivity index (χ0) is 13.3. The van der Waals surface area contributed by atoms with Crippen LogP contribution >= 0.6 is 11.6 Å². The summed E-state index contributed by atoms with van der Waals surface area (Å²) in [7, 11) is 0. The summed E-state index contributed by atoms with van der Waals surface area (Å²) >= 11 is 5.97. The van der Waals surface area contributed by atoms with Crippen LogP contribution in [-0.2, 0) is 0 Å². The summed E-state index contributed by atoms with van der Waals surface area (Å²) < 4.78 is 13.0. The molecule has 1 N–H and O–H groups in total. The number of benzene rings is 2. The summed E-state index contributed by atoms with van der Waals surface area (Å²) in [6.45, 7) is 3.89. The van der Waals surface area contributed by atoms with E-state index >= 15 is 0 Å². The third-order valence-electron chi connectivity index (χ3n) is 2.99. The predicted octanol–water partition coefficient (Wildman–Crippen LogP) is 4.18. The molecular formula is C15H14ClFO. The van der Waals surface area contributed by atoms with Gasteiger partial charge in [-0.2, -0.15) is 0 Å². The Morgan fingerprint density at radius 3 is 2.44 bits per heavy atom. The SMILES string of the molecule is Cc1ccc(C)c(C(O)c2ccc(F)cc2Cl)c1. The van der Waals surface area contributed by atoms with E-state index in [0.717, 1.165) is 16.7 Å². The lowest BCUT2D eigenvalue weighted by atomic mass is 9.96. The van der Waals surface area contributed by atoms with Crippen molar-refractivity contribution >= 4 is 11.6 Å².